The van der Waals surface area contributed by atoms with Crippen molar-refractivity contribution in [3.05, 3.63) is 29.8 Å². The SMILES string of the molecule is CN(C)CCCOc1cccc(CN)c1. The molecule has 2 N–H and O–H groups in total. The minimum absolute atomic E-state index is 0.564. The molecule has 0 heterocycles. The van der Waals surface area contributed by atoms with Crippen LogP contribution < -0.4 is 10.5 Å². The van der Waals surface area contributed by atoms with Crippen molar-refractivity contribution >= 4 is 0 Å². The minimum atomic E-state index is 0.564. The van der Waals surface area contributed by atoms with Crippen molar-refractivity contribution in [1.82, 2.24) is 4.90 Å². The first-order valence-corrected chi connectivity index (χ1v) is 5.29. The summed E-state index contributed by atoms with van der Waals surface area (Å²) >= 11 is 0. The lowest BCUT2D eigenvalue weighted by atomic mass is 10.2. The van der Waals surface area contributed by atoms with E-state index >= 15 is 0 Å². The third-order valence-electron chi connectivity index (χ3n) is 2.15. The Balaban J connectivity index is 2.30. The van der Waals surface area contributed by atoms with Gasteiger partial charge in [0.25, 0.3) is 0 Å². The van der Waals surface area contributed by atoms with Crippen molar-refractivity contribution in [1.29, 1.82) is 0 Å². The van der Waals surface area contributed by atoms with Gasteiger partial charge in [0.1, 0.15) is 5.75 Å². The average Bonchev–Trinajstić information content (AvgIpc) is 2.24. The summed E-state index contributed by atoms with van der Waals surface area (Å²) in [6, 6.07) is 7.95. The van der Waals surface area contributed by atoms with E-state index in [1.165, 1.54) is 0 Å². The van der Waals surface area contributed by atoms with E-state index in [0.29, 0.717) is 6.54 Å². The molecule has 0 aliphatic heterocycles. The summed E-state index contributed by atoms with van der Waals surface area (Å²) in [6.45, 7) is 2.37. The molecular weight excluding hydrogens is 188 g/mol. The Labute approximate surface area is 91.8 Å². The molecule has 0 bridgehead atoms. The van der Waals surface area contributed by atoms with Crippen LogP contribution >= 0.6 is 0 Å². The Hall–Kier alpha value is -1.06. The van der Waals surface area contributed by atoms with E-state index in [9.17, 15) is 0 Å². The highest BCUT2D eigenvalue weighted by molar-refractivity contribution is 5.28. The van der Waals surface area contributed by atoms with Gasteiger partial charge in [0.2, 0.25) is 0 Å². The Morgan fingerprint density at radius 2 is 2.13 bits per heavy atom. The number of hydrogen-bond donors (Lipinski definition) is 1. The third kappa shape index (κ3) is 4.81. The van der Waals surface area contributed by atoms with E-state index < -0.39 is 0 Å². The predicted molar refractivity (Wildman–Crippen MR) is 63.0 cm³/mol. The van der Waals surface area contributed by atoms with Gasteiger partial charge in [-0.3, -0.25) is 0 Å². The molecule has 0 aliphatic carbocycles. The van der Waals surface area contributed by atoms with Crippen LogP contribution in [0, 0.1) is 0 Å². The van der Waals surface area contributed by atoms with Gasteiger partial charge in [-0.25, -0.2) is 0 Å². The molecule has 0 saturated carbocycles. The van der Waals surface area contributed by atoms with E-state index in [4.69, 9.17) is 10.5 Å². The molecule has 0 radical (unpaired) electrons. The van der Waals surface area contributed by atoms with Crippen molar-refractivity contribution in [2.24, 2.45) is 5.73 Å². The van der Waals surface area contributed by atoms with Crippen LogP contribution in [0.5, 0.6) is 5.75 Å². The summed E-state index contributed by atoms with van der Waals surface area (Å²) in [6.07, 6.45) is 1.04. The monoisotopic (exact) mass is 208 g/mol. The predicted octanol–water partition coefficient (Wildman–Crippen LogP) is 1.48. The maximum atomic E-state index is 5.62. The lowest BCUT2D eigenvalue weighted by Crippen LogP contribution is -2.15. The molecule has 84 valence electrons. The number of ether oxygens (including phenoxy) is 1. The standard InChI is InChI=1S/C12H20N2O/c1-14(2)7-4-8-15-12-6-3-5-11(9-12)10-13/h3,5-6,9H,4,7-8,10,13H2,1-2H3. The number of hydrogen-bond acceptors (Lipinski definition) is 3. The molecular formula is C12H20N2O. The number of rotatable bonds is 6. The zero-order chi connectivity index (χ0) is 11.1. The van der Waals surface area contributed by atoms with Crippen molar-refractivity contribution in [2.75, 3.05) is 27.2 Å². The highest BCUT2D eigenvalue weighted by Crippen LogP contribution is 2.12. The first-order chi connectivity index (χ1) is 7.22. The highest BCUT2D eigenvalue weighted by Gasteiger charge is 1.96. The Morgan fingerprint density at radius 3 is 2.80 bits per heavy atom. The Kier molecular flexibility index (Phi) is 5.15. The van der Waals surface area contributed by atoms with Gasteiger partial charge in [0.15, 0.2) is 0 Å². The molecule has 0 amide bonds. The topological polar surface area (TPSA) is 38.5 Å². The van der Waals surface area contributed by atoms with E-state index in [1.807, 2.05) is 24.3 Å². The largest absolute Gasteiger partial charge is 0.494 e. The second kappa shape index (κ2) is 6.43. The van der Waals surface area contributed by atoms with Gasteiger partial charge >= 0.3 is 0 Å². The molecule has 15 heavy (non-hydrogen) atoms. The van der Waals surface area contributed by atoms with Gasteiger partial charge in [-0.2, -0.15) is 0 Å². The average molecular weight is 208 g/mol. The maximum Gasteiger partial charge on any atom is 0.119 e. The molecule has 3 nitrogen and oxygen atoms in total. The summed E-state index contributed by atoms with van der Waals surface area (Å²) in [5.74, 6) is 0.914. The molecule has 0 fully saturated rings. The normalized spacial score (nSPS) is 10.7. The fraction of sp³-hybridized carbons (Fsp3) is 0.500. The van der Waals surface area contributed by atoms with Crippen LogP contribution in [0.2, 0.25) is 0 Å². The van der Waals surface area contributed by atoms with E-state index in [-0.39, 0.29) is 0 Å². The van der Waals surface area contributed by atoms with Crippen molar-refractivity contribution in [3.63, 3.8) is 0 Å². The summed E-state index contributed by atoms with van der Waals surface area (Å²) < 4.78 is 5.62. The maximum absolute atomic E-state index is 5.62. The van der Waals surface area contributed by atoms with Crippen LogP contribution in [0.15, 0.2) is 24.3 Å². The second-order valence-corrected chi connectivity index (χ2v) is 3.86. The van der Waals surface area contributed by atoms with Gasteiger partial charge in [-0.1, -0.05) is 12.1 Å². The second-order valence-electron chi connectivity index (χ2n) is 3.86. The zero-order valence-electron chi connectivity index (χ0n) is 9.57. The molecule has 0 atom stereocenters. The lowest BCUT2D eigenvalue weighted by Gasteiger charge is -2.10. The first-order valence-electron chi connectivity index (χ1n) is 5.29. The Bertz CT molecular complexity index is 287. The molecule has 0 unspecified atom stereocenters. The fourth-order valence-corrected chi connectivity index (χ4v) is 1.33. The highest BCUT2D eigenvalue weighted by atomic mass is 16.5. The third-order valence-corrected chi connectivity index (χ3v) is 2.15. The fourth-order valence-electron chi connectivity index (χ4n) is 1.33. The van der Waals surface area contributed by atoms with Gasteiger partial charge in [0.05, 0.1) is 6.61 Å². The summed E-state index contributed by atoms with van der Waals surface area (Å²) in [7, 11) is 4.13. The van der Waals surface area contributed by atoms with Gasteiger partial charge in [-0.05, 0) is 38.2 Å². The quantitative estimate of drug-likeness (QED) is 0.720. The van der Waals surface area contributed by atoms with Crippen LogP contribution in [0.3, 0.4) is 0 Å². The van der Waals surface area contributed by atoms with Crippen LogP contribution in [0.25, 0.3) is 0 Å². The van der Waals surface area contributed by atoms with E-state index in [1.54, 1.807) is 0 Å². The van der Waals surface area contributed by atoms with E-state index in [0.717, 1.165) is 30.9 Å². The van der Waals surface area contributed by atoms with Crippen molar-refractivity contribution < 1.29 is 4.74 Å². The van der Waals surface area contributed by atoms with Crippen molar-refractivity contribution in [2.45, 2.75) is 13.0 Å². The molecule has 0 spiro atoms. The summed E-state index contributed by atoms with van der Waals surface area (Å²) in [5.41, 5.74) is 6.66. The van der Waals surface area contributed by atoms with Gasteiger partial charge in [-0.15, -0.1) is 0 Å². The molecule has 0 aliphatic rings. The smallest absolute Gasteiger partial charge is 0.119 e. The number of benzene rings is 1. The summed E-state index contributed by atoms with van der Waals surface area (Å²) in [5, 5.41) is 0. The van der Waals surface area contributed by atoms with Crippen LogP contribution in [-0.2, 0) is 6.54 Å². The molecule has 0 aromatic heterocycles. The zero-order valence-corrected chi connectivity index (χ0v) is 9.57. The Morgan fingerprint density at radius 1 is 1.33 bits per heavy atom. The van der Waals surface area contributed by atoms with Crippen LogP contribution in [0.1, 0.15) is 12.0 Å². The van der Waals surface area contributed by atoms with Crippen LogP contribution in [-0.4, -0.2) is 32.1 Å². The van der Waals surface area contributed by atoms with Gasteiger partial charge in [0, 0.05) is 13.1 Å². The number of nitrogens with two attached hydrogens (primary N) is 1. The lowest BCUT2D eigenvalue weighted by molar-refractivity contribution is 0.281. The van der Waals surface area contributed by atoms with Crippen LogP contribution in [0.4, 0.5) is 0 Å². The number of nitrogens with zero attached hydrogens (tertiary/aromatic N) is 1. The first kappa shape index (κ1) is 12.0. The minimum Gasteiger partial charge on any atom is -0.494 e. The molecule has 1 aromatic rings. The molecule has 1 aromatic carbocycles. The molecule has 3 heteroatoms. The molecule has 0 saturated heterocycles. The van der Waals surface area contributed by atoms with Gasteiger partial charge < -0.3 is 15.4 Å². The summed E-state index contributed by atoms with van der Waals surface area (Å²) in [4.78, 5) is 2.15. The van der Waals surface area contributed by atoms with Crippen molar-refractivity contribution in [3.8, 4) is 5.75 Å². The molecule has 1 rings (SSSR count). The van der Waals surface area contributed by atoms with E-state index in [2.05, 4.69) is 19.0 Å².